The van der Waals surface area contributed by atoms with Crippen molar-refractivity contribution in [2.24, 2.45) is 7.05 Å². The highest BCUT2D eigenvalue weighted by molar-refractivity contribution is 9.11. The number of hydrogen-bond donors (Lipinski definition) is 2. The molecule has 0 atom stereocenters. The smallest absolute Gasteiger partial charge is 0.242 e. The van der Waals surface area contributed by atoms with Gasteiger partial charge in [-0.1, -0.05) is 0 Å². The number of aromatic nitrogens is 2. The maximum absolute atomic E-state index is 12.4. The topological polar surface area (TPSA) is 76.0 Å². The second kappa shape index (κ2) is 6.57. The van der Waals surface area contributed by atoms with Crippen LogP contribution >= 0.6 is 27.3 Å². The van der Waals surface area contributed by atoms with Gasteiger partial charge in [-0.15, -0.1) is 11.3 Å². The van der Waals surface area contributed by atoms with Crippen LogP contribution in [0.5, 0.6) is 0 Å². The van der Waals surface area contributed by atoms with Crippen LogP contribution < -0.4 is 10.0 Å². The maximum atomic E-state index is 12.4. The molecule has 9 heteroatoms. The first kappa shape index (κ1) is 16.6. The van der Waals surface area contributed by atoms with E-state index in [4.69, 9.17) is 0 Å². The van der Waals surface area contributed by atoms with Gasteiger partial charge in [-0.05, 0) is 36.0 Å². The Morgan fingerprint density at radius 3 is 2.71 bits per heavy atom. The lowest BCUT2D eigenvalue weighted by Crippen LogP contribution is -2.23. The lowest BCUT2D eigenvalue weighted by Gasteiger charge is -2.04. The average molecular weight is 393 g/mol. The summed E-state index contributed by atoms with van der Waals surface area (Å²) < 4.78 is 29.7. The van der Waals surface area contributed by atoms with Crippen LogP contribution in [0.2, 0.25) is 0 Å². The zero-order chi connectivity index (χ0) is 15.6. The molecular formula is C12H17BrN4O2S2. The molecule has 2 N–H and O–H groups in total. The second-order valence-corrected chi connectivity index (χ2v) is 8.81. The summed E-state index contributed by atoms with van der Waals surface area (Å²) in [5, 5.41) is 7.20. The van der Waals surface area contributed by atoms with Crippen molar-refractivity contribution in [3.05, 3.63) is 32.2 Å². The Morgan fingerprint density at radius 2 is 2.14 bits per heavy atom. The molecule has 0 aliphatic rings. The minimum Gasteiger partial charge on any atom is -0.315 e. The molecule has 0 radical (unpaired) electrons. The van der Waals surface area contributed by atoms with Gasteiger partial charge in [-0.2, -0.15) is 5.10 Å². The van der Waals surface area contributed by atoms with Gasteiger partial charge in [0.2, 0.25) is 10.0 Å². The maximum Gasteiger partial charge on any atom is 0.242 e. The number of nitrogens with zero attached hydrogens (tertiary/aromatic N) is 2. The normalized spacial score (nSPS) is 12.0. The molecule has 2 heterocycles. The third kappa shape index (κ3) is 3.92. The molecule has 0 saturated carbocycles. The quantitative estimate of drug-likeness (QED) is 0.784. The predicted molar refractivity (Wildman–Crippen MR) is 86.8 cm³/mol. The summed E-state index contributed by atoms with van der Waals surface area (Å²) in [6, 6.07) is 1.68. The van der Waals surface area contributed by atoms with E-state index in [-0.39, 0.29) is 11.4 Å². The molecule has 0 fully saturated rings. The molecular weight excluding hydrogens is 376 g/mol. The number of sulfonamides is 1. The van der Waals surface area contributed by atoms with Crippen molar-refractivity contribution >= 4 is 37.3 Å². The van der Waals surface area contributed by atoms with Crippen molar-refractivity contribution in [1.82, 2.24) is 19.8 Å². The van der Waals surface area contributed by atoms with Crippen LogP contribution in [-0.4, -0.2) is 25.2 Å². The Kier molecular flexibility index (Phi) is 5.20. The molecule has 0 aliphatic heterocycles. The summed E-state index contributed by atoms with van der Waals surface area (Å²) >= 11 is 4.74. The van der Waals surface area contributed by atoms with E-state index in [9.17, 15) is 8.42 Å². The van der Waals surface area contributed by atoms with Gasteiger partial charge >= 0.3 is 0 Å². The molecule has 0 unspecified atom stereocenters. The van der Waals surface area contributed by atoms with Gasteiger partial charge in [0.1, 0.15) is 4.90 Å². The fraction of sp³-hybridized carbons (Fsp3) is 0.417. The molecule has 2 rings (SSSR count). The molecule has 0 saturated heterocycles. The Balaban J connectivity index is 2.16. The molecule has 0 aliphatic carbocycles. The summed E-state index contributed by atoms with van der Waals surface area (Å²) in [5.74, 6) is 0. The first-order chi connectivity index (χ1) is 9.83. The summed E-state index contributed by atoms with van der Waals surface area (Å²) in [7, 11) is 0.0892. The number of thiophene rings is 1. The standard InChI is InChI=1S/C12H17BrN4O2S2/c1-8-9(7-17(3)16-8)5-15-21(18,19)11-4-10(6-14-2)20-12(11)13/h4,7,14-15H,5-6H2,1-3H3. The van der Waals surface area contributed by atoms with Crippen molar-refractivity contribution in [3.63, 3.8) is 0 Å². The van der Waals surface area contributed by atoms with Gasteiger partial charge < -0.3 is 5.32 Å². The van der Waals surface area contributed by atoms with E-state index in [1.54, 1.807) is 10.7 Å². The first-order valence-corrected chi connectivity index (χ1v) is 9.34. The first-order valence-electron chi connectivity index (χ1n) is 6.25. The summed E-state index contributed by atoms with van der Waals surface area (Å²) in [5.41, 5.74) is 1.68. The monoisotopic (exact) mass is 392 g/mol. The van der Waals surface area contributed by atoms with Crippen LogP contribution in [0, 0.1) is 6.92 Å². The van der Waals surface area contributed by atoms with Crippen LogP contribution in [0.1, 0.15) is 16.1 Å². The van der Waals surface area contributed by atoms with Gasteiger partial charge in [0.05, 0.1) is 9.48 Å². The van der Waals surface area contributed by atoms with E-state index in [0.29, 0.717) is 10.3 Å². The Morgan fingerprint density at radius 1 is 1.43 bits per heavy atom. The lowest BCUT2D eigenvalue weighted by atomic mass is 10.3. The third-order valence-corrected chi connectivity index (χ3v) is 6.57. The van der Waals surface area contributed by atoms with Crippen molar-refractivity contribution < 1.29 is 8.42 Å². The van der Waals surface area contributed by atoms with Crippen molar-refractivity contribution in [1.29, 1.82) is 0 Å². The fourth-order valence-electron chi connectivity index (χ4n) is 1.92. The second-order valence-electron chi connectivity index (χ2n) is 4.62. The Hall–Kier alpha value is -0.740. The highest BCUT2D eigenvalue weighted by atomic mass is 79.9. The fourth-order valence-corrected chi connectivity index (χ4v) is 5.61. The number of aryl methyl sites for hydroxylation is 2. The third-order valence-electron chi connectivity index (χ3n) is 2.91. The molecule has 2 aromatic heterocycles. The predicted octanol–water partition coefficient (Wildman–Crippen LogP) is 1.75. The van der Waals surface area contributed by atoms with Crippen molar-refractivity contribution in [3.8, 4) is 0 Å². The molecule has 6 nitrogen and oxygen atoms in total. The van der Waals surface area contributed by atoms with Crippen molar-refractivity contribution in [2.75, 3.05) is 7.05 Å². The van der Waals surface area contributed by atoms with Crippen LogP contribution in [0.4, 0.5) is 0 Å². The number of halogens is 1. The minimum atomic E-state index is -3.55. The summed E-state index contributed by atoms with van der Waals surface area (Å²) in [6.45, 7) is 2.72. The molecule has 2 aromatic rings. The summed E-state index contributed by atoms with van der Waals surface area (Å²) in [4.78, 5) is 1.24. The van der Waals surface area contributed by atoms with E-state index >= 15 is 0 Å². The SMILES string of the molecule is CNCc1cc(S(=O)(=O)NCc2cn(C)nc2C)c(Br)s1. The van der Waals surface area contributed by atoms with Gasteiger partial charge in [0.15, 0.2) is 0 Å². The van der Waals surface area contributed by atoms with Gasteiger partial charge in [-0.3, -0.25) is 4.68 Å². The van der Waals surface area contributed by atoms with Gasteiger partial charge in [0, 0.05) is 36.8 Å². The van der Waals surface area contributed by atoms with E-state index in [0.717, 1.165) is 16.1 Å². The zero-order valence-corrected chi connectivity index (χ0v) is 15.2. The molecule has 116 valence electrons. The zero-order valence-electron chi connectivity index (χ0n) is 12.0. The molecule has 0 spiro atoms. The highest BCUT2D eigenvalue weighted by Crippen LogP contribution is 2.31. The molecule has 21 heavy (non-hydrogen) atoms. The van der Waals surface area contributed by atoms with Crippen molar-refractivity contribution in [2.45, 2.75) is 24.9 Å². The molecule has 0 bridgehead atoms. The van der Waals surface area contributed by atoms with E-state index in [1.807, 2.05) is 27.2 Å². The van der Waals surface area contributed by atoms with E-state index < -0.39 is 10.0 Å². The minimum absolute atomic E-state index is 0.228. The highest BCUT2D eigenvalue weighted by Gasteiger charge is 2.21. The van der Waals surface area contributed by atoms with Gasteiger partial charge in [-0.25, -0.2) is 13.1 Å². The number of hydrogen-bond acceptors (Lipinski definition) is 5. The lowest BCUT2D eigenvalue weighted by molar-refractivity contribution is 0.581. The Labute approximate surface area is 136 Å². The summed E-state index contributed by atoms with van der Waals surface area (Å²) in [6.07, 6.45) is 1.81. The number of rotatable bonds is 6. The Bertz CT molecular complexity index is 737. The molecule has 0 amide bonds. The van der Waals surface area contributed by atoms with Gasteiger partial charge in [0.25, 0.3) is 0 Å². The number of nitrogens with one attached hydrogen (secondary N) is 2. The van der Waals surface area contributed by atoms with E-state index in [1.165, 1.54) is 11.3 Å². The average Bonchev–Trinajstić information content (AvgIpc) is 2.91. The molecule has 0 aromatic carbocycles. The van der Waals surface area contributed by atoms with Crippen LogP contribution in [0.15, 0.2) is 20.9 Å². The van der Waals surface area contributed by atoms with Crippen LogP contribution in [0.25, 0.3) is 0 Å². The van der Waals surface area contributed by atoms with Crippen LogP contribution in [0.3, 0.4) is 0 Å². The largest absolute Gasteiger partial charge is 0.315 e. The van der Waals surface area contributed by atoms with E-state index in [2.05, 4.69) is 31.1 Å². The van der Waals surface area contributed by atoms with Crippen LogP contribution in [-0.2, 0) is 30.2 Å².